The summed E-state index contributed by atoms with van der Waals surface area (Å²) in [6.07, 6.45) is -0.422. The third kappa shape index (κ3) is 5.19. The highest BCUT2D eigenvalue weighted by molar-refractivity contribution is 6.74. The van der Waals surface area contributed by atoms with Gasteiger partial charge in [-0.2, -0.15) is 0 Å². The molecule has 7 nitrogen and oxygen atoms in total. The average Bonchev–Trinajstić information content (AvgIpc) is 3.18. The molecule has 0 aromatic heterocycles. The van der Waals surface area contributed by atoms with Crippen LogP contribution in [0.2, 0.25) is 18.1 Å². The van der Waals surface area contributed by atoms with E-state index in [1.807, 2.05) is 34.6 Å². The number of carbonyl (C=O) groups excluding carboxylic acids is 2. The maximum absolute atomic E-state index is 13.0. The van der Waals surface area contributed by atoms with Gasteiger partial charge in [0.1, 0.15) is 11.3 Å². The zero-order chi connectivity index (χ0) is 23.3. The van der Waals surface area contributed by atoms with Gasteiger partial charge >= 0.3 is 12.1 Å². The number of nitrogens with zero attached hydrogens (tertiary/aromatic N) is 1. The van der Waals surface area contributed by atoms with E-state index in [-0.39, 0.29) is 34.8 Å². The van der Waals surface area contributed by atoms with Gasteiger partial charge in [-0.25, -0.2) is 4.79 Å². The second kappa shape index (κ2) is 8.09. The van der Waals surface area contributed by atoms with Crippen molar-refractivity contribution in [3.05, 3.63) is 0 Å². The predicted octanol–water partition coefficient (Wildman–Crippen LogP) is 4.42. The van der Waals surface area contributed by atoms with Crippen molar-refractivity contribution >= 4 is 20.4 Å². The summed E-state index contributed by atoms with van der Waals surface area (Å²) in [6, 6.07) is -0.257. The predicted molar refractivity (Wildman–Crippen MR) is 118 cm³/mol. The zero-order valence-corrected chi connectivity index (χ0v) is 21.6. The van der Waals surface area contributed by atoms with Gasteiger partial charge in [-0.3, -0.25) is 9.69 Å². The van der Waals surface area contributed by atoms with Crippen molar-refractivity contribution in [3.8, 4) is 0 Å². The molecule has 1 amide bonds. The summed E-state index contributed by atoms with van der Waals surface area (Å²) in [5, 5.41) is 0.0825. The van der Waals surface area contributed by atoms with Gasteiger partial charge in [-0.15, -0.1) is 0 Å². The molecule has 1 heterocycles. The first kappa shape index (κ1) is 25.1. The van der Waals surface area contributed by atoms with Crippen LogP contribution < -0.4 is 0 Å². The van der Waals surface area contributed by atoms with Crippen LogP contribution in [0, 0.1) is 17.8 Å². The molecule has 1 aliphatic heterocycles. The normalized spacial score (nSPS) is 29.0. The van der Waals surface area contributed by atoms with Crippen LogP contribution >= 0.6 is 0 Å². The summed E-state index contributed by atoms with van der Waals surface area (Å²) in [7, 11) is -0.552. The van der Waals surface area contributed by atoms with Crippen molar-refractivity contribution in [2.24, 2.45) is 17.8 Å². The fourth-order valence-electron chi connectivity index (χ4n) is 3.91. The van der Waals surface area contributed by atoms with Gasteiger partial charge in [0.05, 0.1) is 25.7 Å². The maximum Gasteiger partial charge on any atom is 0.412 e. The summed E-state index contributed by atoms with van der Waals surface area (Å²) in [5.41, 5.74) is -1.42. The van der Waals surface area contributed by atoms with Crippen LogP contribution in [0.4, 0.5) is 4.79 Å². The molecular formula is C22H41NO6Si. The van der Waals surface area contributed by atoms with Crippen molar-refractivity contribution in [3.63, 3.8) is 0 Å². The number of esters is 1. The lowest BCUT2D eigenvalue weighted by atomic mass is 10.1. The highest BCUT2D eigenvalue weighted by Gasteiger charge is 2.64. The Bertz CT molecular complexity index is 664. The number of rotatable bonds is 5. The van der Waals surface area contributed by atoms with Crippen LogP contribution in [0.1, 0.15) is 55.4 Å². The quantitative estimate of drug-likeness (QED) is 0.463. The lowest BCUT2D eigenvalue weighted by Crippen LogP contribution is -2.51. The highest BCUT2D eigenvalue weighted by Crippen LogP contribution is 2.54. The van der Waals surface area contributed by atoms with Gasteiger partial charge in [-0.1, -0.05) is 20.8 Å². The Kier molecular flexibility index (Phi) is 6.78. The monoisotopic (exact) mass is 443 g/mol. The molecule has 0 aromatic rings. The SMILES string of the molecule is COC(=O)C1C(CO[Si](C)(C)C(C)(C)C)C1[C@@H]1COC(C)(C)N1C(=O)OC(C)(C)C. The van der Waals surface area contributed by atoms with Crippen LogP contribution in [0.25, 0.3) is 0 Å². The van der Waals surface area contributed by atoms with E-state index in [1.54, 1.807) is 4.90 Å². The molecule has 0 bridgehead atoms. The van der Waals surface area contributed by atoms with E-state index in [9.17, 15) is 9.59 Å². The van der Waals surface area contributed by atoms with E-state index in [0.717, 1.165) is 0 Å². The molecule has 4 atom stereocenters. The van der Waals surface area contributed by atoms with Crippen molar-refractivity contribution in [2.75, 3.05) is 20.3 Å². The first-order chi connectivity index (χ1) is 13.4. The van der Waals surface area contributed by atoms with Gasteiger partial charge < -0.3 is 18.6 Å². The molecular weight excluding hydrogens is 402 g/mol. The van der Waals surface area contributed by atoms with Crippen molar-refractivity contribution < 1.29 is 28.2 Å². The molecule has 30 heavy (non-hydrogen) atoms. The number of amides is 1. The molecule has 1 saturated carbocycles. The molecule has 2 fully saturated rings. The van der Waals surface area contributed by atoms with Crippen LogP contribution in [-0.4, -0.2) is 63.0 Å². The first-order valence-corrected chi connectivity index (χ1v) is 13.7. The summed E-state index contributed by atoms with van der Waals surface area (Å²) >= 11 is 0. The van der Waals surface area contributed by atoms with Gasteiger partial charge in [0, 0.05) is 18.4 Å². The molecule has 3 unspecified atom stereocenters. The first-order valence-electron chi connectivity index (χ1n) is 10.8. The second-order valence-corrected chi connectivity index (χ2v) is 16.3. The van der Waals surface area contributed by atoms with Crippen LogP contribution in [0.5, 0.6) is 0 Å². The minimum absolute atomic E-state index is 0.000915. The minimum Gasteiger partial charge on any atom is -0.469 e. The molecule has 2 aliphatic rings. The Balaban J connectivity index is 2.23. The summed E-state index contributed by atoms with van der Waals surface area (Å²) in [4.78, 5) is 27.2. The molecule has 0 N–H and O–H groups in total. The van der Waals surface area contributed by atoms with Crippen molar-refractivity contribution in [1.29, 1.82) is 0 Å². The van der Waals surface area contributed by atoms with E-state index < -0.39 is 25.7 Å². The number of hydrogen-bond acceptors (Lipinski definition) is 6. The lowest BCUT2D eigenvalue weighted by molar-refractivity contribution is -0.143. The van der Waals surface area contributed by atoms with Crippen molar-refractivity contribution in [2.45, 2.75) is 90.9 Å². The summed E-state index contributed by atoms with van der Waals surface area (Å²) < 4.78 is 23.1. The van der Waals surface area contributed by atoms with Gasteiger partial charge in [0.25, 0.3) is 0 Å². The Morgan fingerprint density at radius 1 is 1.13 bits per heavy atom. The molecule has 0 spiro atoms. The molecule has 2 rings (SSSR count). The molecule has 0 radical (unpaired) electrons. The third-order valence-electron chi connectivity index (χ3n) is 6.70. The Morgan fingerprint density at radius 2 is 1.70 bits per heavy atom. The van der Waals surface area contributed by atoms with Gasteiger partial charge in [0.2, 0.25) is 0 Å². The highest BCUT2D eigenvalue weighted by atomic mass is 28.4. The number of ether oxygens (including phenoxy) is 3. The Morgan fingerprint density at radius 3 is 2.17 bits per heavy atom. The third-order valence-corrected chi connectivity index (χ3v) is 11.2. The molecule has 0 aromatic carbocycles. The fourth-order valence-corrected chi connectivity index (χ4v) is 4.95. The molecule has 174 valence electrons. The lowest BCUT2D eigenvalue weighted by Gasteiger charge is -2.36. The van der Waals surface area contributed by atoms with Crippen molar-refractivity contribution in [1.82, 2.24) is 4.90 Å². The summed E-state index contributed by atoms with van der Waals surface area (Å²) in [6.45, 7) is 21.1. The number of hydrogen-bond donors (Lipinski definition) is 0. The molecule has 8 heteroatoms. The topological polar surface area (TPSA) is 74.3 Å². The van der Waals surface area contributed by atoms with Crippen LogP contribution in [0.15, 0.2) is 0 Å². The van der Waals surface area contributed by atoms with Crippen LogP contribution in [-0.2, 0) is 23.4 Å². The van der Waals surface area contributed by atoms with E-state index in [1.165, 1.54) is 7.11 Å². The smallest absolute Gasteiger partial charge is 0.412 e. The second-order valence-electron chi connectivity index (χ2n) is 11.5. The standard InChI is InChI=1S/C22H41NO6Si/c1-20(2,3)29-19(25)23-15(13-27-22(23,7)8)16-14(17(16)18(24)26-9)12-28-30(10,11)21(4,5)6/h14-17H,12-13H2,1-11H3/t14?,15-,16?,17?/m0/s1. The van der Waals surface area contributed by atoms with E-state index >= 15 is 0 Å². The Labute approximate surface area is 182 Å². The van der Waals surface area contributed by atoms with Gasteiger partial charge in [-0.05, 0) is 52.8 Å². The van der Waals surface area contributed by atoms with E-state index in [0.29, 0.717) is 13.2 Å². The zero-order valence-electron chi connectivity index (χ0n) is 20.6. The number of methoxy groups -OCH3 is 1. The fraction of sp³-hybridized carbons (Fsp3) is 0.909. The minimum atomic E-state index is -1.96. The van der Waals surface area contributed by atoms with Gasteiger partial charge in [0.15, 0.2) is 8.32 Å². The maximum atomic E-state index is 13.0. The number of carbonyl (C=O) groups is 2. The summed E-state index contributed by atoms with van der Waals surface area (Å²) in [5.74, 6) is -0.625. The molecule has 1 aliphatic carbocycles. The van der Waals surface area contributed by atoms with Crippen LogP contribution in [0.3, 0.4) is 0 Å². The van der Waals surface area contributed by atoms with E-state index in [2.05, 4.69) is 33.9 Å². The van der Waals surface area contributed by atoms with E-state index in [4.69, 9.17) is 18.6 Å². The Hall–Kier alpha value is -1.12. The largest absolute Gasteiger partial charge is 0.469 e. The molecule has 1 saturated heterocycles. The average molecular weight is 444 g/mol.